The fraction of sp³-hybridized carbons (Fsp3) is 0.120. The first-order valence-electron chi connectivity index (χ1n) is 8.99. The minimum atomic E-state index is 1.02. The van der Waals surface area contributed by atoms with Crippen LogP contribution in [0.15, 0.2) is 66.7 Å². The maximum atomic E-state index is 2.38. The van der Waals surface area contributed by atoms with Gasteiger partial charge in [-0.25, -0.2) is 0 Å². The Morgan fingerprint density at radius 3 is 2.32 bits per heavy atom. The normalized spacial score (nSPS) is 14.4. The Labute approximate surface area is 147 Å². The van der Waals surface area contributed by atoms with Crippen molar-refractivity contribution >= 4 is 17.7 Å². The van der Waals surface area contributed by atoms with Gasteiger partial charge in [-0.2, -0.15) is 0 Å². The first-order chi connectivity index (χ1) is 12.3. The molecule has 0 saturated carbocycles. The van der Waals surface area contributed by atoms with Crippen molar-refractivity contribution in [1.29, 1.82) is 0 Å². The minimum Gasteiger partial charge on any atom is -0.0722 e. The van der Waals surface area contributed by atoms with E-state index in [9.17, 15) is 0 Å². The highest BCUT2D eigenvalue weighted by atomic mass is 14.2. The smallest absolute Gasteiger partial charge is 0.00790 e. The third-order valence-corrected chi connectivity index (χ3v) is 5.47. The number of rotatable bonds is 1. The topological polar surface area (TPSA) is 0 Å². The lowest BCUT2D eigenvalue weighted by Crippen LogP contribution is -2.19. The van der Waals surface area contributed by atoms with Crippen LogP contribution in [0.1, 0.15) is 22.3 Å². The fourth-order valence-corrected chi connectivity index (χ4v) is 4.09. The highest BCUT2D eigenvalue weighted by Crippen LogP contribution is 2.23. The molecule has 2 aliphatic rings. The van der Waals surface area contributed by atoms with Crippen molar-refractivity contribution in [3.05, 3.63) is 110 Å². The lowest BCUT2D eigenvalue weighted by atomic mass is 9.88. The Bertz CT molecular complexity index is 1220. The summed E-state index contributed by atoms with van der Waals surface area (Å²) in [6, 6.07) is 22.2. The zero-order chi connectivity index (χ0) is 16.8. The van der Waals surface area contributed by atoms with E-state index in [0.29, 0.717) is 0 Å². The van der Waals surface area contributed by atoms with E-state index in [0.717, 1.165) is 12.8 Å². The zero-order valence-corrected chi connectivity index (χ0v) is 14.4. The van der Waals surface area contributed by atoms with Crippen molar-refractivity contribution in [3.63, 3.8) is 0 Å². The van der Waals surface area contributed by atoms with E-state index in [-0.39, 0.29) is 0 Å². The van der Waals surface area contributed by atoms with Gasteiger partial charge >= 0.3 is 0 Å². The van der Waals surface area contributed by atoms with Gasteiger partial charge in [0.2, 0.25) is 0 Å². The average molecular weight is 320 g/mol. The molecular weight excluding hydrogens is 300 g/mol. The summed E-state index contributed by atoms with van der Waals surface area (Å²) in [5, 5.41) is 5.53. The molecule has 0 radical (unpaired) electrons. The molecule has 120 valence electrons. The Morgan fingerprint density at radius 1 is 0.640 bits per heavy atom. The van der Waals surface area contributed by atoms with Crippen molar-refractivity contribution < 1.29 is 0 Å². The van der Waals surface area contributed by atoms with Gasteiger partial charge in [-0.05, 0) is 69.0 Å². The molecule has 0 saturated heterocycles. The molecule has 0 heteroatoms. The molecular formula is C25H20. The van der Waals surface area contributed by atoms with Gasteiger partial charge in [-0.1, -0.05) is 78.4 Å². The Kier molecular flexibility index (Phi) is 3.24. The van der Waals surface area contributed by atoms with Crippen LogP contribution in [-0.2, 0) is 12.8 Å². The summed E-state index contributed by atoms with van der Waals surface area (Å²) in [4.78, 5) is 0. The second-order valence-corrected chi connectivity index (χ2v) is 7.03. The molecule has 0 amide bonds. The molecule has 0 unspecified atom stereocenters. The summed E-state index contributed by atoms with van der Waals surface area (Å²) in [7, 11) is 0. The molecule has 0 bridgehead atoms. The quantitative estimate of drug-likeness (QED) is 0.635. The zero-order valence-electron chi connectivity index (χ0n) is 14.4. The van der Waals surface area contributed by atoms with Gasteiger partial charge in [-0.15, -0.1) is 0 Å². The fourth-order valence-electron chi connectivity index (χ4n) is 4.09. The highest BCUT2D eigenvalue weighted by Gasteiger charge is 2.12. The minimum absolute atomic E-state index is 1.02. The van der Waals surface area contributed by atoms with Gasteiger partial charge in [0.15, 0.2) is 0 Å². The molecule has 3 aromatic rings. The van der Waals surface area contributed by atoms with E-state index in [4.69, 9.17) is 0 Å². The summed E-state index contributed by atoms with van der Waals surface area (Å²) in [5.41, 5.74) is 6.97. The van der Waals surface area contributed by atoms with E-state index in [1.807, 2.05) is 0 Å². The Morgan fingerprint density at radius 2 is 1.44 bits per heavy atom. The number of hydrogen-bond donors (Lipinski definition) is 0. The number of hydrogen-bond acceptors (Lipinski definition) is 0. The van der Waals surface area contributed by atoms with Gasteiger partial charge in [0.05, 0.1) is 0 Å². The van der Waals surface area contributed by atoms with Gasteiger partial charge in [-0.3, -0.25) is 0 Å². The SMILES string of the molecule is Cc1ccc(C2=CCc3c4c(ccc3=C2)=c2ccccc2=CC4)cc1. The van der Waals surface area contributed by atoms with Crippen LogP contribution in [0.4, 0.5) is 0 Å². The Hall–Kier alpha value is -2.86. The van der Waals surface area contributed by atoms with Crippen molar-refractivity contribution in [2.24, 2.45) is 0 Å². The van der Waals surface area contributed by atoms with Crippen LogP contribution in [0.3, 0.4) is 0 Å². The van der Waals surface area contributed by atoms with Crippen LogP contribution in [0.25, 0.3) is 17.7 Å². The van der Waals surface area contributed by atoms with E-state index in [1.54, 1.807) is 0 Å². The monoisotopic (exact) mass is 320 g/mol. The van der Waals surface area contributed by atoms with E-state index in [2.05, 4.69) is 85.8 Å². The molecule has 0 aliphatic heterocycles. The van der Waals surface area contributed by atoms with Gasteiger partial charge in [0.25, 0.3) is 0 Å². The number of aryl methyl sites for hydroxylation is 1. The molecule has 0 atom stereocenters. The van der Waals surface area contributed by atoms with Crippen LogP contribution < -0.4 is 10.4 Å². The highest BCUT2D eigenvalue weighted by molar-refractivity contribution is 5.90. The van der Waals surface area contributed by atoms with Gasteiger partial charge in [0.1, 0.15) is 0 Å². The van der Waals surface area contributed by atoms with Crippen molar-refractivity contribution in [2.75, 3.05) is 0 Å². The Balaban J connectivity index is 1.72. The maximum absolute atomic E-state index is 2.38. The number of fused-ring (bicyclic) bond motifs is 4. The molecule has 25 heavy (non-hydrogen) atoms. The lowest BCUT2D eigenvalue weighted by Gasteiger charge is -2.16. The average Bonchev–Trinajstić information content (AvgIpc) is 2.67. The maximum Gasteiger partial charge on any atom is -0.00790 e. The molecule has 0 N–H and O–H groups in total. The number of benzene rings is 3. The summed E-state index contributed by atoms with van der Waals surface area (Å²) in [6.07, 6.45) is 9.17. The second kappa shape index (κ2) is 5.60. The third kappa shape index (κ3) is 2.37. The molecule has 0 aromatic heterocycles. The molecule has 0 nitrogen and oxygen atoms in total. The predicted octanol–water partition coefficient (Wildman–Crippen LogP) is 4.04. The van der Waals surface area contributed by atoms with Crippen LogP contribution in [0.5, 0.6) is 0 Å². The van der Waals surface area contributed by atoms with E-state index in [1.165, 1.54) is 48.7 Å². The van der Waals surface area contributed by atoms with Gasteiger partial charge < -0.3 is 0 Å². The van der Waals surface area contributed by atoms with Crippen LogP contribution in [-0.4, -0.2) is 0 Å². The molecule has 0 fully saturated rings. The van der Waals surface area contributed by atoms with E-state index < -0.39 is 0 Å². The summed E-state index contributed by atoms with van der Waals surface area (Å²) in [5.74, 6) is 0. The van der Waals surface area contributed by atoms with Crippen molar-refractivity contribution in [2.45, 2.75) is 19.8 Å². The summed E-state index contributed by atoms with van der Waals surface area (Å²) < 4.78 is 0. The molecule has 5 rings (SSSR count). The largest absolute Gasteiger partial charge is 0.0722 e. The molecule has 3 aromatic carbocycles. The first kappa shape index (κ1) is 14.5. The van der Waals surface area contributed by atoms with E-state index >= 15 is 0 Å². The van der Waals surface area contributed by atoms with Crippen molar-refractivity contribution in [3.8, 4) is 0 Å². The predicted molar refractivity (Wildman–Crippen MR) is 105 cm³/mol. The van der Waals surface area contributed by atoms with Gasteiger partial charge in [0, 0.05) is 0 Å². The summed E-state index contributed by atoms with van der Waals surface area (Å²) in [6.45, 7) is 2.14. The first-order valence-corrected chi connectivity index (χ1v) is 8.99. The lowest BCUT2D eigenvalue weighted by molar-refractivity contribution is 1.11. The second-order valence-electron chi connectivity index (χ2n) is 7.03. The van der Waals surface area contributed by atoms with Crippen LogP contribution in [0, 0.1) is 17.4 Å². The van der Waals surface area contributed by atoms with Crippen LogP contribution in [0.2, 0.25) is 0 Å². The van der Waals surface area contributed by atoms with Crippen molar-refractivity contribution in [1.82, 2.24) is 0 Å². The summed E-state index contributed by atoms with van der Waals surface area (Å²) >= 11 is 0. The molecule has 0 spiro atoms. The standard InChI is InChI=1S/C25H20/c1-17-6-8-18(9-7-17)20-11-13-23-21(16-20)12-15-24-22-5-3-2-4-19(22)10-14-25(23)24/h2-12,15-16H,13-14H2,1H3. The number of allylic oxidation sites excluding steroid dienone is 2. The third-order valence-electron chi connectivity index (χ3n) is 5.47. The molecule has 2 aliphatic carbocycles. The van der Waals surface area contributed by atoms with Crippen LogP contribution >= 0.6 is 0 Å². The molecule has 0 heterocycles.